The van der Waals surface area contributed by atoms with Gasteiger partial charge in [0.05, 0.1) is 11.6 Å². The molecule has 0 radical (unpaired) electrons. The quantitative estimate of drug-likeness (QED) is 0.410. The van der Waals surface area contributed by atoms with E-state index in [2.05, 4.69) is 18.8 Å². The van der Waals surface area contributed by atoms with E-state index >= 15 is 0 Å². The first kappa shape index (κ1) is 22.9. The highest BCUT2D eigenvalue weighted by atomic mass is 32.2. The van der Waals surface area contributed by atoms with E-state index < -0.39 is 11.6 Å². The van der Waals surface area contributed by atoms with Gasteiger partial charge in [0.2, 0.25) is 5.91 Å². The highest BCUT2D eigenvalue weighted by molar-refractivity contribution is 8.01. The highest BCUT2D eigenvalue weighted by Crippen LogP contribution is 2.26. The normalized spacial score (nSPS) is 19.7. The molecule has 156 valence electrons. The van der Waals surface area contributed by atoms with Crippen LogP contribution in [0.2, 0.25) is 0 Å². The molecule has 1 aromatic rings. The number of rotatable bonds is 11. The molecule has 1 saturated heterocycles. The van der Waals surface area contributed by atoms with Crippen molar-refractivity contribution in [1.82, 2.24) is 9.88 Å². The first-order valence-electron chi connectivity index (χ1n) is 9.68. The summed E-state index contributed by atoms with van der Waals surface area (Å²) < 4.78 is 0.706. The fourth-order valence-corrected chi connectivity index (χ4v) is 4.89. The summed E-state index contributed by atoms with van der Waals surface area (Å²) in [6.07, 6.45) is 7.75. The molecule has 2 rings (SSSR count). The standard InChI is InChI=1S/C20H30N2O4S2/c1-14(2)8-10-20(3,26)9-4-5-15-6-7-17(23)22(15)11-12-27-19-21-16(13-28-19)18(24)25/h4-5,13-15,26H,6-12H2,1-3H3,(H,24,25)/b5-4+/t15-,20+/m0/s1. The van der Waals surface area contributed by atoms with Crippen LogP contribution in [-0.4, -0.2) is 55.9 Å². The second-order valence-corrected chi connectivity index (χ2v) is 10.1. The molecule has 1 aliphatic heterocycles. The first-order valence-corrected chi connectivity index (χ1v) is 11.5. The lowest BCUT2D eigenvalue weighted by Gasteiger charge is -2.24. The van der Waals surface area contributed by atoms with Crippen molar-refractivity contribution in [1.29, 1.82) is 0 Å². The molecule has 2 atom stereocenters. The maximum atomic E-state index is 12.2. The number of nitrogens with zero attached hydrogens (tertiary/aromatic N) is 2. The van der Waals surface area contributed by atoms with Gasteiger partial charge in [-0.25, -0.2) is 9.78 Å². The van der Waals surface area contributed by atoms with E-state index in [0.717, 1.165) is 19.3 Å². The van der Waals surface area contributed by atoms with Gasteiger partial charge in [-0.1, -0.05) is 37.8 Å². The van der Waals surface area contributed by atoms with Gasteiger partial charge in [0.1, 0.15) is 0 Å². The van der Waals surface area contributed by atoms with Crippen molar-refractivity contribution < 1.29 is 19.8 Å². The number of amides is 1. The van der Waals surface area contributed by atoms with Crippen LogP contribution in [0.5, 0.6) is 0 Å². The van der Waals surface area contributed by atoms with Gasteiger partial charge in [-0.05, 0) is 38.5 Å². The van der Waals surface area contributed by atoms with Gasteiger partial charge in [0, 0.05) is 24.1 Å². The largest absolute Gasteiger partial charge is 0.476 e. The third-order valence-electron chi connectivity index (χ3n) is 4.81. The number of aromatic carboxylic acids is 1. The summed E-state index contributed by atoms with van der Waals surface area (Å²) in [7, 11) is 0. The smallest absolute Gasteiger partial charge is 0.355 e. The Balaban J connectivity index is 1.82. The number of carboxylic acids is 1. The molecular weight excluding hydrogens is 396 g/mol. The number of hydrogen-bond donors (Lipinski definition) is 2. The molecule has 0 unspecified atom stereocenters. The molecule has 1 aromatic heterocycles. The molecule has 1 aliphatic rings. The van der Waals surface area contributed by atoms with Gasteiger partial charge in [0.15, 0.2) is 10.0 Å². The molecule has 6 nitrogen and oxygen atoms in total. The molecule has 2 N–H and O–H groups in total. The van der Waals surface area contributed by atoms with E-state index in [1.165, 1.54) is 28.5 Å². The van der Waals surface area contributed by atoms with Gasteiger partial charge in [-0.15, -0.1) is 11.3 Å². The van der Waals surface area contributed by atoms with Crippen LogP contribution in [0.3, 0.4) is 0 Å². The number of carbonyl (C=O) groups excluding carboxylic acids is 1. The van der Waals surface area contributed by atoms with Gasteiger partial charge in [-0.2, -0.15) is 0 Å². The van der Waals surface area contributed by atoms with Crippen molar-refractivity contribution in [3.8, 4) is 0 Å². The Labute approximate surface area is 175 Å². The fourth-order valence-electron chi connectivity index (χ4n) is 3.08. The van der Waals surface area contributed by atoms with Crippen LogP contribution in [0.25, 0.3) is 0 Å². The minimum Gasteiger partial charge on any atom is -0.476 e. The average Bonchev–Trinajstić information content (AvgIpc) is 3.22. The number of thioether (sulfide) groups is 1. The summed E-state index contributed by atoms with van der Waals surface area (Å²) in [5, 5.41) is 20.9. The van der Waals surface area contributed by atoms with Gasteiger partial charge in [0.25, 0.3) is 0 Å². The van der Waals surface area contributed by atoms with Crippen LogP contribution in [0, 0.1) is 5.92 Å². The number of aromatic nitrogens is 1. The lowest BCUT2D eigenvalue weighted by Crippen LogP contribution is -2.33. The van der Waals surface area contributed by atoms with E-state index in [1.54, 1.807) is 0 Å². The van der Waals surface area contributed by atoms with Gasteiger partial charge >= 0.3 is 5.97 Å². The van der Waals surface area contributed by atoms with Crippen LogP contribution >= 0.6 is 23.1 Å². The molecule has 2 heterocycles. The molecule has 8 heteroatoms. The molecule has 0 saturated carbocycles. The van der Waals surface area contributed by atoms with Crippen molar-refractivity contribution in [2.45, 2.75) is 68.9 Å². The Morgan fingerprint density at radius 1 is 1.54 bits per heavy atom. The average molecular weight is 427 g/mol. The van der Waals surface area contributed by atoms with Crippen molar-refractivity contribution in [2.24, 2.45) is 5.92 Å². The number of hydrogen-bond acceptors (Lipinski definition) is 6. The zero-order valence-corrected chi connectivity index (χ0v) is 18.4. The van der Waals surface area contributed by atoms with Crippen LogP contribution in [0.4, 0.5) is 0 Å². The molecule has 0 aromatic carbocycles. The molecule has 0 aliphatic carbocycles. The Morgan fingerprint density at radius 2 is 2.29 bits per heavy atom. The number of thiazole rings is 1. The highest BCUT2D eigenvalue weighted by Gasteiger charge is 2.29. The lowest BCUT2D eigenvalue weighted by atomic mass is 9.92. The topological polar surface area (TPSA) is 90.7 Å². The summed E-state index contributed by atoms with van der Waals surface area (Å²) in [5.41, 5.74) is -0.647. The van der Waals surface area contributed by atoms with Crippen molar-refractivity contribution in [2.75, 3.05) is 12.3 Å². The summed E-state index contributed by atoms with van der Waals surface area (Å²) in [6.45, 7) is 6.78. The Bertz CT molecular complexity index is 700. The van der Waals surface area contributed by atoms with Crippen LogP contribution in [-0.2, 0) is 4.79 Å². The Hall–Kier alpha value is -1.38. The molecule has 0 spiro atoms. The molecular formula is C20H30N2O4S2. The molecule has 1 fully saturated rings. The lowest BCUT2D eigenvalue weighted by molar-refractivity contribution is -0.128. The van der Waals surface area contributed by atoms with Crippen LogP contribution < -0.4 is 0 Å². The minimum absolute atomic E-state index is 0.0649. The van der Waals surface area contributed by atoms with Crippen molar-refractivity contribution in [3.05, 3.63) is 23.2 Å². The van der Waals surface area contributed by atoms with E-state index in [0.29, 0.717) is 35.4 Å². The fraction of sp³-hybridized carbons (Fsp3) is 0.650. The zero-order chi connectivity index (χ0) is 20.7. The summed E-state index contributed by atoms with van der Waals surface area (Å²) in [6, 6.07) is 0.0693. The minimum atomic E-state index is -1.02. The maximum Gasteiger partial charge on any atom is 0.355 e. The second kappa shape index (κ2) is 10.4. The third kappa shape index (κ3) is 7.22. The Kier molecular flexibility index (Phi) is 8.52. The molecule has 1 amide bonds. The van der Waals surface area contributed by atoms with Crippen LogP contribution in [0.15, 0.2) is 21.9 Å². The predicted octanol–water partition coefficient (Wildman–Crippen LogP) is 4.06. The molecule has 0 bridgehead atoms. The number of likely N-dealkylation sites (tertiary alicyclic amines) is 1. The number of carbonyl (C=O) groups is 2. The van der Waals surface area contributed by atoms with Crippen LogP contribution in [0.1, 0.15) is 63.4 Å². The summed E-state index contributed by atoms with van der Waals surface area (Å²) >= 11 is 2.78. The molecule has 28 heavy (non-hydrogen) atoms. The monoisotopic (exact) mass is 426 g/mol. The second-order valence-electron chi connectivity index (χ2n) is 7.91. The van der Waals surface area contributed by atoms with Gasteiger partial charge in [-0.3, -0.25) is 4.79 Å². The zero-order valence-electron chi connectivity index (χ0n) is 16.8. The van der Waals surface area contributed by atoms with E-state index in [1.807, 2.05) is 24.0 Å². The number of carboxylic acid groups (broad SMARTS) is 1. The maximum absolute atomic E-state index is 12.2. The third-order valence-corrected chi connectivity index (χ3v) is 6.81. The predicted molar refractivity (Wildman–Crippen MR) is 113 cm³/mol. The Morgan fingerprint density at radius 3 is 2.93 bits per heavy atom. The van der Waals surface area contributed by atoms with E-state index in [-0.39, 0.29) is 17.6 Å². The van der Waals surface area contributed by atoms with Crippen molar-refractivity contribution in [3.63, 3.8) is 0 Å². The number of aliphatic hydroxyl groups is 1. The SMILES string of the molecule is CC(C)CC[C@](C)(O)C/C=C/[C@H]1CCC(=O)N1CCSc1nc(C(=O)O)cs1. The summed E-state index contributed by atoms with van der Waals surface area (Å²) in [4.78, 5) is 29.0. The van der Waals surface area contributed by atoms with Crippen molar-refractivity contribution >= 4 is 35.0 Å². The first-order chi connectivity index (χ1) is 13.2. The summed E-state index contributed by atoms with van der Waals surface area (Å²) in [5.74, 6) is 0.370. The van der Waals surface area contributed by atoms with Gasteiger partial charge < -0.3 is 15.1 Å². The van der Waals surface area contributed by atoms with E-state index in [9.17, 15) is 14.7 Å². The van der Waals surface area contributed by atoms with E-state index in [4.69, 9.17) is 5.11 Å².